The summed E-state index contributed by atoms with van der Waals surface area (Å²) in [6.07, 6.45) is 0.888. The monoisotopic (exact) mass is 321 g/mol. The standard InChI is InChI=1S/C16H17F2N3O2/c1-10-6-11(7-12(17)15(10)18)9-23-13-8-14-20(2)4-3-5-21(14)16(22)19-13/h6-8H,3-5,9H2,1-2H3. The topological polar surface area (TPSA) is 47.4 Å². The zero-order valence-electron chi connectivity index (χ0n) is 13.0. The summed E-state index contributed by atoms with van der Waals surface area (Å²) in [5, 5.41) is 0. The van der Waals surface area contributed by atoms with E-state index in [1.165, 1.54) is 13.0 Å². The number of aryl methyl sites for hydroxylation is 1. The molecule has 2 heterocycles. The van der Waals surface area contributed by atoms with Gasteiger partial charge in [-0.1, -0.05) is 0 Å². The normalized spacial score (nSPS) is 13.8. The average Bonchev–Trinajstić information content (AvgIpc) is 2.51. The first-order chi connectivity index (χ1) is 11.0. The Balaban J connectivity index is 1.83. The molecule has 0 spiro atoms. The molecule has 1 aromatic carbocycles. The molecular formula is C16H17F2N3O2. The third-order valence-corrected chi connectivity index (χ3v) is 3.89. The number of halogens is 2. The van der Waals surface area contributed by atoms with Gasteiger partial charge in [0.2, 0.25) is 5.88 Å². The summed E-state index contributed by atoms with van der Waals surface area (Å²) in [5.74, 6) is -0.854. The van der Waals surface area contributed by atoms with Gasteiger partial charge in [-0.3, -0.25) is 4.57 Å². The Bertz CT molecular complexity index is 781. The van der Waals surface area contributed by atoms with Gasteiger partial charge in [-0.2, -0.15) is 4.98 Å². The van der Waals surface area contributed by atoms with Crippen LogP contribution in [0.4, 0.5) is 14.6 Å². The van der Waals surface area contributed by atoms with E-state index in [9.17, 15) is 13.6 Å². The maximum absolute atomic E-state index is 13.4. The molecule has 1 aliphatic rings. The van der Waals surface area contributed by atoms with E-state index < -0.39 is 11.6 Å². The van der Waals surface area contributed by atoms with Crippen molar-refractivity contribution < 1.29 is 13.5 Å². The van der Waals surface area contributed by atoms with Gasteiger partial charge in [0.25, 0.3) is 0 Å². The number of hydrogen-bond donors (Lipinski definition) is 0. The molecule has 0 aliphatic carbocycles. The van der Waals surface area contributed by atoms with Crippen LogP contribution in [0.1, 0.15) is 17.5 Å². The molecule has 0 radical (unpaired) electrons. The minimum absolute atomic E-state index is 0.0116. The number of anilines is 1. The Kier molecular flexibility index (Phi) is 4.02. The highest BCUT2D eigenvalue weighted by atomic mass is 19.2. The first kappa shape index (κ1) is 15.5. The van der Waals surface area contributed by atoms with Crippen LogP contribution >= 0.6 is 0 Å². The zero-order chi connectivity index (χ0) is 16.6. The number of ether oxygens (including phenoxy) is 1. The molecule has 23 heavy (non-hydrogen) atoms. The average molecular weight is 321 g/mol. The van der Waals surface area contributed by atoms with E-state index in [1.807, 2.05) is 11.9 Å². The number of hydrogen-bond acceptors (Lipinski definition) is 4. The van der Waals surface area contributed by atoms with Crippen molar-refractivity contribution in [2.75, 3.05) is 18.5 Å². The molecule has 1 aromatic heterocycles. The molecule has 0 atom stereocenters. The lowest BCUT2D eigenvalue weighted by Gasteiger charge is -2.28. The Labute approximate surface area is 132 Å². The fourth-order valence-corrected chi connectivity index (χ4v) is 2.69. The van der Waals surface area contributed by atoms with E-state index in [0.717, 1.165) is 24.8 Å². The van der Waals surface area contributed by atoms with E-state index in [1.54, 1.807) is 10.6 Å². The maximum Gasteiger partial charge on any atom is 0.352 e. The van der Waals surface area contributed by atoms with Gasteiger partial charge >= 0.3 is 5.69 Å². The van der Waals surface area contributed by atoms with Crippen LogP contribution in [0.25, 0.3) is 0 Å². The molecule has 0 saturated carbocycles. The molecule has 0 N–H and O–H groups in total. The molecule has 0 bridgehead atoms. The number of benzene rings is 1. The largest absolute Gasteiger partial charge is 0.473 e. The van der Waals surface area contributed by atoms with Crippen molar-refractivity contribution >= 4 is 5.82 Å². The summed E-state index contributed by atoms with van der Waals surface area (Å²) in [6, 6.07) is 4.28. The highest BCUT2D eigenvalue weighted by Crippen LogP contribution is 2.21. The lowest BCUT2D eigenvalue weighted by Crippen LogP contribution is -2.36. The van der Waals surface area contributed by atoms with Crippen molar-refractivity contribution in [1.82, 2.24) is 9.55 Å². The Morgan fingerprint density at radius 3 is 2.78 bits per heavy atom. The van der Waals surface area contributed by atoms with Gasteiger partial charge in [0.05, 0.1) is 0 Å². The number of aromatic nitrogens is 2. The van der Waals surface area contributed by atoms with Crippen molar-refractivity contribution in [3.63, 3.8) is 0 Å². The van der Waals surface area contributed by atoms with Crippen LogP contribution in [-0.4, -0.2) is 23.1 Å². The molecular weight excluding hydrogens is 304 g/mol. The lowest BCUT2D eigenvalue weighted by atomic mass is 10.1. The maximum atomic E-state index is 13.4. The molecule has 2 aromatic rings. The number of fused-ring (bicyclic) bond motifs is 1. The Hall–Kier alpha value is -2.44. The van der Waals surface area contributed by atoms with Crippen molar-refractivity contribution in [1.29, 1.82) is 0 Å². The van der Waals surface area contributed by atoms with Gasteiger partial charge < -0.3 is 9.64 Å². The highest BCUT2D eigenvalue weighted by molar-refractivity contribution is 5.42. The second-order valence-corrected chi connectivity index (χ2v) is 5.66. The van der Waals surface area contributed by atoms with E-state index in [2.05, 4.69) is 4.98 Å². The third-order valence-electron chi connectivity index (χ3n) is 3.89. The first-order valence-electron chi connectivity index (χ1n) is 7.36. The van der Waals surface area contributed by atoms with Crippen molar-refractivity contribution in [3.05, 3.63) is 51.4 Å². The molecule has 0 amide bonds. The summed E-state index contributed by atoms with van der Waals surface area (Å²) >= 11 is 0. The summed E-state index contributed by atoms with van der Waals surface area (Å²) in [7, 11) is 1.90. The zero-order valence-corrected chi connectivity index (χ0v) is 13.0. The minimum atomic E-state index is -0.915. The molecule has 0 unspecified atom stereocenters. The fourth-order valence-electron chi connectivity index (χ4n) is 2.69. The highest BCUT2D eigenvalue weighted by Gasteiger charge is 2.17. The molecule has 0 saturated heterocycles. The van der Waals surface area contributed by atoms with Gasteiger partial charge in [0.1, 0.15) is 12.4 Å². The molecule has 5 nitrogen and oxygen atoms in total. The van der Waals surface area contributed by atoms with E-state index >= 15 is 0 Å². The van der Waals surface area contributed by atoms with Crippen LogP contribution < -0.4 is 15.3 Å². The van der Waals surface area contributed by atoms with Gasteiger partial charge in [-0.15, -0.1) is 0 Å². The van der Waals surface area contributed by atoms with Crippen LogP contribution in [0, 0.1) is 18.6 Å². The molecule has 122 valence electrons. The van der Waals surface area contributed by atoms with E-state index in [-0.39, 0.29) is 23.7 Å². The lowest BCUT2D eigenvalue weighted by molar-refractivity contribution is 0.289. The SMILES string of the molecule is Cc1cc(COc2cc3n(c(=O)n2)CCCN3C)cc(F)c1F. The van der Waals surface area contributed by atoms with Gasteiger partial charge in [0.15, 0.2) is 11.6 Å². The van der Waals surface area contributed by atoms with Crippen LogP contribution in [0.2, 0.25) is 0 Å². The first-order valence-corrected chi connectivity index (χ1v) is 7.36. The Morgan fingerprint density at radius 1 is 1.26 bits per heavy atom. The Morgan fingerprint density at radius 2 is 2.04 bits per heavy atom. The van der Waals surface area contributed by atoms with Crippen molar-refractivity contribution in [2.45, 2.75) is 26.5 Å². The van der Waals surface area contributed by atoms with Crippen molar-refractivity contribution in [3.8, 4) is 5.88 Å². The third kappa shape index (κ3) is 3.04. The fraction of sp³-hybridized carbons (Fsp3) is 0.375. The van der Waals surface area contributed by atoms with Gasteiger partial charge in [-0.25, -0.2) is 13.6 Å². The number of rotatable bonds is 3. The number of nitrogens with zero attached hydrogens (tertiary/aromatic N) is 3. The van der Waals surface area contributed by atoms with Crippen LogP contribution in [0.15, 0.2) is 23.0 Å². The van der Waals surface area contributed by atoms with Gasteiger partial charge in [0, 0.05) is 26.2 Å². The summed E-state index contributed by atoms with van der Waals surface area (Å²) in [6.45, 7) is 2.98. The quantitative estimate of drug-likeness (QED) is 0.870. The van der Waals surface area contributed by atoms with Crippen molar-refractivity contribution in [2.24, 2.45) is 0 Å². The summed E-state index contributed by atoms with van der Waals surface area (Å²) in [4.78, 5) is 17.9. The molecule has 1 aliphatic heterocycles. The van der Waals surface area contributed by atoms with Crippen LogP contribution in [0.3, 0.4) is 0 Å². The predicted octanol–water partition coefficient (Wildman–Crippen LogP) is 2.25. The summed E-state index contributed by atoms with van der Waals surface area (Å²) < 4.78 is 33.8. The summed E-state index contributed by atoms with van der Waals surface area (Å²) in [5.41, 5.74) is 0.321. The van der Waals surface area contributed by atoms with E-state index in [4.69, 9.17) is 4.74 Å². The van der Waals surface area contributed by atoms with Crippen LogP contribution in [-0.2, 0) is 13.2 Å². The minimum Gasteiger partial charge on any atom is -0.473 e. The predicted molar refractivity (Wildman–Crippen MR) is 81.8 cm³/mol. The second kappa shape index (κ2) is 5.98. The van der Waals surface area contributed by atoms with Gasteiger partial charge in [-0.05, 0) is 36.6 Å². The second-order valence-electron chi connectivity index (χ2n) is 5.66. The molecule has 0 fully saturated rings. The molecule has 7 heteroatoms. The van der Waals surface area contributed by atoms with Crippen LogP contribution in [0.5, 0.6) is 5.88 Å². The smallest absolute Gasteiger partial charge is 0.352 e. The molecule has 3 rings (SSSR count). The van der Waals surface area contributed by atoms with E-state index in [0.29, 0.717) is 12.1 Å².